The molecule has 1 N–H and O–H groups in total. The molecule has 0 amide bonds. The molecule has 0 heterocycles. The minimum absolute atomic E-state index is 0.115. The number of aliphatic hydroxyl groups is 1. The number of fused-ring (bicyclic) bond motifs is 5. The van der Waals surface area contributed by atoms with Crippen molar-refractivity contribution in [3.8, 4) is 12.3 Å². The first-order chi connectivity index (χ1) is 11.1. The third-order valence-electron chi connectivity index (χ3n) is 8.01. The lowest BCUT2D eigenvalue weighted by Gasteiger charge is -2.56. The summed E-state index contributed by atoms with van der Waals surface area (Å²) >= 11 is 0. The number of hydrogen-bond acceptors (Lipinski definition) is 1. The fraction of sp³-hybridized carbons (Fsp3) is 0.727. The zero-order chi connectivity index (χ0) is 16.2. The van der Waals surface area contributed by atoms with Crippen LogP contribution in [0.4, 0.5) is 0 Å². The summed E-state index contributed by atoms with van der Waals surface area (Å²) < 4.78 is 0. The maximum atomic E-state index is 11.2. The zero-order valence-corrected chi connectivity index (χ0v) is 14.5. The lowest BCUT2D eigenvalue weighted by molar-refractivity contribution is -0.0788. The number of terminal acetylenes is 1. The van der Waals surface area contributed by atoms with Gasteiger partial charge in [0.05, 0.1) is 0 Å². The molecule has 23 heavy (non-hydrogen) atoms. The van der Waals surface area contributed by atoms with Gasteiger partial charge in [-0.1, -0.05) is 36.6 Å². The van der Waals surface area contributed by atoms with Gasteiger partial charge < -0.3 is 5.11 Å². The minimum atomic E-state index is -0.914. The highest BCUT2D eigenvalue weighted by molar-refractivity contribution is 5.32. The Balaban J connectivity index is 1.74. The van der Waals surface area contributed by atoms with E-state index in [0.717, 1.165) is 31.6 Å². The van der Waals surface area contributed by atoms with Crippen molar-refractivity contribution in [2.45, 2.75) is 70.3 Å². The molecule has 4 aliphatic carbocycles. The third kappa shape index (κ3) is 1.91. The first kappa shape index (κ1) is 15.5. The van der Waals surface area contributed by atoms with Gasteiger partial charge in [0.2, 0.25) is 0 Å². The van der Waals surface area contributed by atoms with Crippen molar-refractivity contribution in [1.82, 2.24) is 0 Å². The summed E-state index contributed by atoms with van der Waals surface area (Å²) in [6, 6.07) is 0. The van der Waals surface area contributed by atoms with Crippen molar-refractivity contribution >= 4 is 0 Å². The Bertz CT molecular complexity index is 594. The Hall–Kier alpha value is -1.00. The van der Waals surface area contributed by atoms with E-state index in [1.807, 2.05) is 0 Å². The van der Waals surface area contributed by atoms with Crippen LogP contribution in [-0.2, 0) is 0 Å². The third-order valence-corrected chi connectivity index (χ3v) is 8.01. The quantitative estimate of drug-likeness (QED) is 0.541. The van der Waals surface area contributed by atoms with Crippen molar-refractivity contribution in [3.63, 3.8) is 0 Å². The highest BCUT2D eigenvalue weighted by atomic mass is 16.3. The van der Waals surface area contributed by atoms with Gasteiger partial charge in [-0.2, -0.15) is 0 Å². The predicted molar refractivity (Wildman–Crippen MR) is 94.6 cm³/mol. The average Bonchev–Trinajstić information content (AvgIpc) is 2.88. The largest absolute Gasteiger partial charge is 0.377 e. The summed E-state index contributed by atoms with van der Waals surface area (Å²) in [6.45, 7) is 6.76. The zero-order valence-electron chi connectivity index (χ0n) is 14.5. The summed E-state index contributed by atoms with van der Waals surface area (Å²) in [7, 11) is 0. The van der Waals surface area contributed by atoms with Crippen LogP contribution in [0.5, 0.6) is 0 Å². The second kappa shape index (κ2) is 5.25. The number of allylic oxidation sites excluding steroid dienone is 3. The molecule has 0 aromatic heterocycles. The van der Waals surface area contributed by atoms with Gasteiger partial charge in [-0.05, 0) is 81.5 Å². The molecule has 6 atom stereocenters. The van der Waals surface area contributed by atoms with Gasteiger partial charge in [-0.15, -0.1) is 6.42 Å². The topological polar surface area (TPSA) is 20.2 Å². The van der Waals surface area contributed by atoms with Crippen molar-refractivity contribution in [3.05, 3.63) is 23.8 Å². The Morgan fingerprint density at radius 2 is 2.22 bits per heavy atom. The molecule has 0 bridgehead atoms. The molecule has 0 unspecified atom stereocenters. The van der Waals surface area contributed by atoms with Crippen LogP contribution in [-0.4, -0.2) is 10.7 Å². The molecule has 0 saturated heterocycles. The van der Waals surface area contributed by atoms with E-state index < -0.39 is 5.60 Å². The van der Waals surface area contributed by atoms with Gasteiger partial charge in [-0.3, -0.25) is 0 Å². The van der Waals surface area contributed by atoms with Gasteiger partial charge in [0.25, 0.3) is 0 Å². The van der Waals surface area contributed by atoms with E-state index in [9.17, 15) is 5.11 Å². The Morgan fingerprint density at radius 3 is 2.96 bits per heavy atom. The minimum Gasteiger partial charge on any atom is -0.377 e. The summed E-state index contributed by atoms with van der Waals surface area (Å²) in [4.78, 5) is 0. The fourth-order valence-electron chi connectivity index (χ4n) is 7.03. The van der Waals surface area contributed by atoms with Crippen LogP contribution in [0.2, 0.25) is 0 Å². The molecule has 0 aliphatic heterocycles. The Morgan fingerprint density at radius 1 is 1.39 bits per heavy atom. The van der Waals surface area contributed by atoms with Crippen LogP contribution in [0.3, 0.4) is 0 Å². The van der Waals surface area contributed by atoms with Crippen LogP contribution in [0, 0.1) is 41.4 Å². The smallest absolute Gasteiger partial charge is 0.131 e. The van der Waals surface area contributed by atoms with E-state index in [1.54, 1.807) is 5.57 Å². The van der Waals surface area contributed by atoms with E-state index in [1.165, 1.54) is 37.7 Å². The standard InChI is InChI=1S/C22H30O/c1-4-21-14-15(3)20-17-9-7-6-8-16(17)10-11-18(20)19(21)12-13-22(21,23)5-2/h2,8,17-20,23H,3-4,6-7,9-14H2,1H3/t17-,18-,19-,20+,21-,22+/m1/s1. The molecule has 124 valence electrons. The van der Waals surface area contributed by atoms with Crippen molar-refractivity contribution in [2.75, 3.05) is 0 Å². The van der Waals surface area contributed by atoms with Crippen molar-refractivity contribution in [2.24, 2.45) is 29.1 Å². The molecule has 0 aromatic carbocycles. The number of hydrogen-bond donors (Lipinski definition) is 1. The van der Waals surface area contributed by atoms with Crippen molar-refractivity contribution < 1.29 is 5.11 Å². The summed E-state index contributed by atoms with van der Waals surface area (Å²) in [6.07, 6.45) is 18.6. The molecule has 4 aliphatic rings. The molecule has 4 rings (SSSR count). The second-order valence-corrected chi connectivity index (χ2v) is 8.54. The molecule has 0 aromatic rings. The predicted octanol–water partition coefficient (Wildman–Crippen LogP) is 4.87. The molecule has 1 nitrogen and oxygen atoms in total. The Kier molecular flexibility index (Phi) is 3.54. The molecular formula is C22H30O. The maximum absolute atomic E-state index is 11.2. The number of rotatable bonds is 1. The first-order valence-corrected chi connectivity index (χ1v) is 9.63. The monoisotopic (exact) mass is 310 g/mol. The molecule has 3 saturated carbocycles. The van der Waals surface area contributed by atoms with Crippen LogP contribution < -0.4 is 0 Å². The van der Waals surface area contributed by atoms with Crippen LogP contribution in [0.1, 0.15) is 64.7 Å². The highest BCUT2D eigenvalue weighted by Crippen LogP contribution is 2.67. The lowest BCUT2D eigenvalue weighted by Crippen LogP contribution is -2.54. The van der Waals surface area contributed by atoms with Gasteiger partial charge in [0, 0.05) is 5.41 Å². The lowest BCUT2D eigenvalue weighted by atomic mass is 9.48. The van der Waals surface area contributed by atoms with Gasteiger partial charge in [0.1, 0.15) is 5.60 Å². The maximum Gasteiger partial charge on any atom is 0.131 e. The van der Waals surface area contributed by atoms with E-state index in [2.05, 4.69) is 25.5 Å². The van der Waals surface area contributed by atoms with E-state index >= 15 is 0 Å². The SMILES string of the molecule is C#C[C@]1(O)CC[C@@H]2[C@H]3CCC4=CCCC[C@H]4[C@@H]3C(=C)C[C@]21CC. The Labute approximate surface area is 141 Å². The van der Waals surface area contributed by atoms with E-state index in [-0.39, 0.29) is 5.41 Å². The molecule has 0 radical (unpaired) electrons. The first-order valence-electron chi connectivity index (χ1n) is 9.63. The molecule has 1 heteroatoms. The van der Waals surface area contributed by atoms with Gasteiger partial charge >= 0.3 is 0 Å². The highest BCUT2D eigenvalue weighted by Gasteiger charge is 2.64. The summed E-state index contributed by atoms with van der Waals surface area (Å²) in [5.74, 6) is 5.48. The second-order valence-electron chi connectivity index (χ2n) is 8.54. The van der Waals surface area contributed by atoms with Crippen LogP contribution >= 0.6 is 0 Å². The average molecular weight is 310 g/mol. The summed E-state index contributed by atoms with van der Waals surface area (Å²) in [5, 5.41) is 11.2. The van der Waals surface area contributed by atoms with E-state index in [4.69, 9.17) is 6.42 Å². The molecular weight excluding hydrogens is 280 g/mol. The van der Waals surface area contributed by atoms with Gasteiger partial charge in [-0.25, -0.2) is 0 Å². The molecule has 0 spiro atoms. The normalized spacial score (nSPS) is 48.7. The summed E-state index contributed by atoms with van der Waals surface area (Å²) in [5.41, 5.74) is 2.08. The van der Waals surface area contributed by atoms with Crippen molar-refractivity contribution in [1.29, 1.82) is 0 Å². The van der Waals surface area contributed by atoms with Crippen LogP contribution in [0.15, 0.2) is 23.8 Å². The van der Waals surface area contributed by atoms with Gasteiger partial charge in [0.15, 0.2) is 0 Å². The van der Waals surface area contributed by atoms with E-state index in [0.29, 0.717) is 17.8 Å². The van der Waals surface area contributed by atoms with Crippen LogP contribution in [0.25, 0.3) is 0 Å². The molecule has 3 fully saturated rings. The fourth-order valence-corrected chi connectivity index (χ4v) is 7.03.